The van der Waals surface area contributed by atoms with Gasteiger partial charge in [0.05, 0.1) is 16.7 Å². The van der Waals surface area contributed by atoms with Crippen LogP contribution in [0.15, 0.2) is 28.9 Å². The summed E-state index contributed by atoms with van der Waals surface area (Å²) in [5.41, 5.74) is 6.68. The Hall–Kier alpha value is -1.07. The molecule has 2 rings (SSSR count). The van der Waals surface area contributed by atoms with Crippen LogP contribution in [0.2, 0.25) is 5.02 Å². The molecule has 1 aromatic heterocycles. The summed E-state index contributed by atoms with van der Waals surface area (Å²) < 4.78 is 15.1. The lowest BCUT2D eigenvalue weighted by Gasteiger charge is -2.14. The van der Waals surface area contributed by atoms with Crippen LogP contribution in [0.4, 0.5) is 10.2 Å². The lowest BCUT2D eigenvalue weighted by molar-refractivity contribution is 0.568. The third-order valence-corrected chi connectivity index (χ3v) is 3.48. The van der Waals surface area contributed by atoms with Gasteiger partial charge in [0, 0.05) is 0 Å². The van der Waals surface area contributed by atoms with Crippen molar-refractivity contribution in [3.63, 3.8) is 0 Å². The van der Waals surface area contributed by atoms with Gasteiger partial charge in [-0.3, -0.25) is 0 Å². The predicted octanol–water partition coefficient (Wildman–Crippen LogP) is 3.63. The van der Waals surface area contributed by atoms with Gasteiger partial charge in [-0.25, -0.2) is 9.07 Å². The number of benzene rings is 1. The number of nitrogen functional groups attached to an aromatic ring is 1. The molecule has 1 unspecified atom stereocenters. The third-order valence-electron chi connectivity index (χ3n) is 2.58. The highest BCUT2D eigenvalue weighted by Crippen LogP contribution is 2.27. The van der Waals surface area contributed by atoms with E-state index < -0.39 is 0 Å². The van der Waals surface area contributed by atoms with Gasteiger partial charge < -0.3 is 5.73 Å². The van der Waals surface area contributed by atoms with Gasteiger partial charge in [0.25, 0.3) is 0 Å². The van der Waals surface area contributed by atoms with Crippen LogP contribution in [0.3, 0.4) is 0 Å². The van der Waals surface area contributed by atoms with Crippen molar-refractivity contribution < 1.29 is 4.39 Å². The summed E-state index contributed by atoms with van der Waals surface area (Å²) in [4.78, 5) is 0. The maximum atomic E-state index is 13.1. The second kappa shape index (κ2) is 4.66. The highest BCUT2D eigenvalue weighted by molar-refractivity contribution is 9.10. The van der Waals surface area contributed by atoms with Gasteiger partial charge in [-0.15, -0.1) is 0 Å². The molecule has 0 aliphatic rings. The van der Waals surface area contributed by atoms with E-state index in [1.165, 1.54) is 12.3 Å². The van der Waals surface area contributed by atoms with Crippen LogP contribution >= 0.6 is 27.5 Å². The maximum Gasteiger partial charge on any atom is 0.141 e. The summed E-state index contributed by atoms with van der Waals surface area (Å²) in [6.45, 7) is 1.92. The standard InChI is InChI=1S/C11H10BrClFN3/c1-6(17-11(15)9(13)5-16-17)7-2-3-10(14)8(12)4-7/h2-6H,15H2,1H3. The van der Waals surface area contributed by atoms with Crippen LogP contribution in [0, 0.1) is 5.82 Å². The number of nitrogens with two attached hydrogens (primary N) is 1. The Labute approximate surface area is 112 Å². The number of rotatable bonds is 2. The van der Waals surface area contributed by atoms with Gasteiger partial charge in [-0.1, -0.05) is 17.7 Å². The number of hydrogen-bond acceptors (Lipinski definition) is 2. The molecule has 2 N–H and O–H groups in total. The highest BCUT2D eigenvalue weighted by Gasteiger charge is 2.14. The summed E-state index contributed by atoms with van der Waals surface area (Å²) in [5.74, 6) is 0.104. The molecule has 6 heteroatoms. The van der Waals surface area contributed by atoms with Crippen molar-refractivity contribution in [3.05, 3.63) is 45.3 Å². The summed E-state index contributed by atoms with van der Waals surface area (Å²) in [6.07, 6.45) is 1.49. The molecule has 0 amide bonds. The van der Waals surface area contributed by atoms with Crippen molar-refractivity contribution in [2.45, 2.75) is 13.0 Å². The van der Waals surface area contributed by atoms with E-state index in [0.29, 0.717) is 15.3 Å². The summed E-state index contributed by atoms with van der Waals surface area (Å²) >= 11 is 8.99. The molecule has 2 aromatic rings. The second-order valence-electron chi connectivity index (χ2n) is 3.67. The highest BCUT2D eigenvalue weighted by atomic mass is 79.9. The predicted molar refractivity (Wildman–Crippen MR) is 69.6 cm³/mol. The Bertz CT molecular complexity index is 556. The van der Waals surface area contributed by atoms with E-state index >= 15 is 0 Å². The topological polar surface area (TPSA) is 43.8 Å². The Morgan fingerprint density at radius 3 is 2.76 bits per heavy atom. The van der Waals surface area contributed by atoms with Gasteiger partial charge in [-0.05, 0) is 40.5 Å². The molecule has 0 aliphatic heterocycles. The van der Waals surface area contributed by atoms with E-state index in [1.54, 1.807) is 16.8 Å². The Morgan fingerprint density at radius 2 is 2.24 bits per heavy atom. The molecule has 0 radical (unpaired) electrons. The lowest BCUT2D eigenvalue weighted by Crippen LogP contribution is -2.11. The molecule has 1 heterocycles. The second-order valence-corrected chi connectivity index (χ2v) is 4.93. The first-order valence-electron chi connectivity index (χ1n) is 4.94. The van der Waals surface area contributed by atoms with Gasteiger partial charge in [0.1, 0.15) is 16.7 Å². The van der Waals surface area contributed by atoms with Gasteiger partial charge in [0.2, 0.25) is 0 Å². The average Bonchev–Trinajstić information content (AvgIpc) is 2.63. The van der Waals surface area contributed by atoms with Gasteiger partial charge in [0.15, 0.2) is 0 Å². The van der Waals surface area contributed by atoms with Crippen LogP contribution in [-0.4, -0.2) is 9.78 Å². The van der Waals surface area contributed by atoms with Gasteiger partial charge in [-0.2, -0.15) is 5.10 Å². The summed E-state index contributed by atoms with van der Waals surface area (Å²) in [7, 11) is 0. The number of hydrogen-bond donors (Lipinski definition) is 1. The minimum absolute atomic E-state index is 0.112. The Morgan fingerprint density at radius 1 is 1.53 bits per heavy atom. The van der Waals surface area contributed by atoms with Gasteiger partial charge >= 0.3 is 0 Å². The molecule has 17 heavy (non-hydrogen) atoms. The monoisotopic (exact) mass is 317 g/mol. The minimum atomic E-state index is -0.299. The molecule has 1 atom stereocenters. The first kappa shape index (κ1) is 12.4. The van der Waals surface area contributed by atoms with Crippen LogP contribution in [-0.2, 0) is 0 Å². The van der Waals surface area contributed by atoms with E-state index in [4.69, 9.17) is 17.3 Å². The molecule has 90 valence electrons. The van der Waals surface area contributed by atoms with E-state index in [0.717, 1.165) is 5.56 Å². The molecule has 0 spiro atoms. The number of aromatic nitrogens is 2. The fourth-order valence-electron chi connectivity index (χ4n) is 1.57. The van der Waals surface area contributed by atoms with E-state index in [9.17, 15) is 4.39 Å². The van der Waals surface area contributed by atoms with E-state index in [1.807, 2.05) is 6.92 Å². The van der Waals surface area contributed by atoms with Crippen LogP contribution in [0.5, 0.6) is 0 Å². The zero-order chi connectivity index (χ0) is 12.6. The summed E-state index contributed by atoms with van der Waals surface area (Å²) in [6, 6.07) is 4.69. The van der Waals surface area contributed by atoms with E-state index in [-0.39, 0.29) is 11.9 Å². The van der Waals surface area contributed by atoms with Crippen LogP contribution < -0.4 is 5.73 Å². The van der Waals surface area contributed by atoms with Crippen molar-refractivity contribution in [1.29, 1.82) is 0 Å². The minimum Gasteiger partial charge on any atom is -0.383 e. The smallest absolute Gasteiger partial charge is 0.141 e. The fourth-order valence-corrected chi connectivity index (χ4v) is 2.10. The normalized spacial score (nSPS) is 12.7. The molecule has 1 aromatic carbocycles. The number of nitrogens with zero attached hydrogens (tertiary/aromatic N) is 2. The van der Waals surface area contributed by atoms with Crippen molar-refractivity contribution >= 4 is 33.3 Å². The van der Waals surface area contributed by atoms with Crippen molar-refractivity contribution in [2.24, 2.45) is 0 Å². The molecule has 3 nitrogen and oxygen atoms in total. The first-order chi connectivity index (χ1) is 8.00. The maximum absolute atomic E-state index is 13.1. The quantitative estimate of drug-likeness (QED) is 0.919. The lowest BCUT2D eigenvalue weighted by atomic mass is 10.1. The molecule has 0 aliphatic carbocycles. The zero-order valence-corrected chi connectivity index (χ0v) is 11.3. The summed E-state index contributed by atoms with van der Waals surface area (Å²) in [5, 5.41) is 4.51. The SMILES string of the molecule is CC(c1ccc(F)c(Br)c1)n1ncc(Cl)c1N. The molecule has 0 bridgehead atoms. The average molecular weight is 319 g/mol. The van der Waals surface area contributed by atoms with Crippen molar-refractivity contribution in [2.75, 3.05) is 5.73 Å². The molecule has 0 fully saturated rings. The van der Waals surface area contributed by atoms with Crippen LogP contribution in [0.25, 0.3) is 0 Å². The zero-order valence-electron chi connectivity index (χ0n) is 8.99. The molecular weight excluding hydrogens is 308 g/mol. The Balaban J connectivity index is 2.40. The first-order valence-corrected chi connectivity index (χ1v) is 6.11. The number of anilines is 1. The molecule has 0 saturated heterocycles. The fraction of sp³-hybridized carbons (Fsp3) is 0.182. The van der Waals surface area contributed by atoms with Crippen molar-refractivity contribution in [3.8, 4) is 0 Å². The number of halogens is 3. The third kappa shape index (κ3) is 2.30. The van der Waals surface area contributed by atoms with E-state index in [2.05, 4.69) is 21.0 Å². The molecule has 0 saturated carbocycles. The Kier molecular flexibility index (Phi) is 3.40. The van der Waals surface area contributed by atoms with Crippen molar-refractivity contribution in [1.82, 2.24) is 9.78 Å². The molecular formula is C11H10BrClFN3. The largest absolute Gasteiger partial charge is 0.383 e. The van der Waals surface area contributed by atoms with Crippen LogP contribution in [0.1, 0.15) is 18.5 Å².